The zero-order chi connectivity index (χ0) is 13.8. The van der Waals surface area contributed by atoms with Crippen LogP contribution in [0.15, 0.2) is 30.3 Å². The molecule has 2 fully saturated rings. The zero-order valence-electron chi connectivity index (χ0n) is 12.4. The van der Waals surface area contributed by atoms with E-state index in [2.05, 4.69) is 34.5 Å². The Morgan fingerprint density at radius 1 is 1.09 bits per heavy atom. The first-order valence-electron chi connectivity index (χ1n) is 7.24. The predicted molar refractivity (Wildman–Crippen MR) is 98.6 cm³/mol. The maximum absolute atomic E-state index is 12.4. The van der Waals surface area contributed by atoms with Crippen LogP contribution in [0.2, 0.25) is 0 Å². The maximum Gasteiger partial charge on any atom is 0.240 e. The highest BCUT2D eigenvalue weighted by Gasteiger charge is 2.28. The van der Waals surface area contributed by atoms with Crippen molar-refractivity contribution in [2.24, 2.45) is 0 Å². The quantitative estimate of drug-likeness (QED) is 0.873. The van der Waals surface area contributed by atoms with Crippen LogP contribution in [0.3, 0.4) is 0 Å². The Hall–Kier alpha value is -0.620. The summed E-state index contributed by atoms with van der Waals surface area (Å²) < 4.78 is 0. The number of thioether (sulfide) groups is 1. The smallest absolute Gasteiger partial charge is 0.240 e. The second kappa shape index (κ2) is 9.50. The molecule has 1 unspecified atom stereocenters. The zero-order valence-corrected chi connectivity index (χ0v) is 14.9. The largest absolute Gasteiger partial charge is 0.370 e. The van der Waals surface area contributed by atoms with Crippen LogP contribution in [-0.4, -0.2) is 54.7 Å². The summed E-state index contributed by atoms with van der Waals surface area (Å²) in [5, 5.41) is 3.28. The number of benzene rings is 1. The number of anilines is 1. The highest BCUT2D eigenvalue weighted by atomic mass is 35.5. The minimum absolute atomic E-state index is 0. The third-order valence-electron chi connectivity index (χ3n) is 3.94. The molecule has 1 aromatic carbocycles. The van der Waals surface area contributed by atoms with Gasteiger partial charge in [-0.15, -0.1) is 36.6 Å². The molecule has 0 spiro atoms. The minimum Gasteiger partial charge on any atom is -0.370 e. The van der Waals surface area contributed by atoms with Crippen molar-refractivity contribution in [2.45, 2.75) is 12.5 Å². The fourth-order valence-corrected chi connectivity index (χ4v) is 3.74. The van der Waals surface area contributed by atoms with E-state index in [-0.39, 0.29) is 36.8 Å². The summed E-state index contributed by atoms with van der Waals surface area (Å²) in [7, 11) is 0. The minimum atomic E-state index is 0. The number of carbonyl (C=O) groups is 1. The Labute approximate surface area is 148 Å². The number of nitrogens with zero attached hydrogens (tertiary/aromatic N) is 2. The van der Waals surface area contributed by atoms with Crippen LogP contribution in [0.5, 0.6) is 0 Å². The Bertz CT molecular complexity index is 457. The summed E-state index contributed by atoms with van der Waals surface area (Å²) in [5.74, 6) is 2.10. The molecule has 1 aromatic rings. The van der Waals surface area contributed by atoms with Crippen LogP contribution >= 0.6 is 36.6 Å². The summed E-state index contributed by atoms with van der Waals surface area (Å²) in [4.78, 5) is 16.8. The topological polar surface area (TPSA) is 35.6 Å². The number of para-hydroxylation sites is 1. The summed E-state index contributed by atoms with van der Waals surface area (Å²) in [6, 6.07) is 10.5. The van der Waals surface area contributed by atoms with Gasteiger partial charge in [0.25, 0.3) is 0 Å². The van der Waals surface area contributed by atoms with E-state index in [1.54, 1.807) is 0 Å². The Morgan fingerprint density at radius 3 is 2.55 bits per heavy atom. The molecule has 0 aliphatic carbocycles. The number of carbonyl (C=O) groups excluding carboxylic acids is 1. The van der Waals surface area contributed by atoms with Crippen molar-refractivity contribution < 1.29 is 4.79 Å². The molecule has 0 radical (unpaired) electrons. The van der Waals surface area contributed by atoms with Crippen molar-refractivity contribution in [2.75, 3.05) is 42.7 Å². The van der Waals surface area contributed by atoms with Gasteiger partial charge in [-0.25, -0.2) is 0 Å². The van der Waals surface area contributed by atoms with E-state index in [1.807, 2.05) is 22.7 Å². The van der Waals surface area contributed by atoms with Crippen LogP contribution in [0.25, 0.3) is 0 Å². The number of hydrogen-bond donors (Lipinski definition) is 1. The molecule has 2 aliphatic heterocycles. The summed E-state index contributed by atoms with van der Waals surface area (Å²) in [6.45, 7) is 3.66. The van der Waals surface area contributed by atoms with Crippen molar-refractivity contribution in [1.29, 1.82) is 0 Å². The molecule has 3 rings (SSSR count). The van der Waals surface area contributed by atoms with Gasteiger partial charge in [-0.3, -0.25) is 10.1 Å². The van der Waals surface area contributed by atoms with Gasteiger partial charge in [-0.2, -0.15) is 0 Å². The Balaban J connectivity index is 0.00000121. The van der Waals surface area contributed by atoms with E-state index in [1.165, 1.54) is 5.69 Å². The maximum atomic E-state index is 12.4. The van der Waals surface area contributed by atoms with Gasteiger partial charge in [0.1, 0.15) is 0 Å². The molecule has 2 heterocycles. The Morgan fingerprint density at radius 2 is 1.86 bits per heavy atom. The summed E-state index contributed by atoms with van der Waals surface area (Å²) >= 11 is 1.81. The molecule has 2 saturated heterocycles. The second-order valence-electron chi connectivity index (χ2n) is 5.27. The van der Waals surface area contributed by atoms with Crippen molar-refractivity contribution in [1.82, 2.24) is 10.2 Å². The molecule has 1 N–H and O–H groups in total. The fourth-order valence-electron chi connectivity index (χ4n) is 2.81. The number of halogens is 2. The van der Waals surface area contributed by atoms with Crippen LogP contribution < -0.4 is 10.2 Å². The number of rotatable bonds is 2. The lowest BCUT2D eigenvalue weighted by Crippen LogP contribution is -2.46. The first kappa shape index (κ1) is 19.4. The average molecular weight is 364 g/mol. The summed E-state index contributed by atoms with van der Waals surface area (Å²) in [6.07, 6.45) is 1.04. The normalized spacial score (nSPS) is 21.5. The lowest BCUT2D eigenvalue weighted by molar-refractivity contribution is -0.132. The SMILES string of the molecule is Cl.Cl.O=C(C1CSCN1)N1CCCN(c2ccccc2)CC1. The Kier molecular flexibility index (Phi) is 8.39. The van der Waals surface area contributed by atoms with Crippen LogP contribution in [0.4, 0.5) is 5.69 Å². The number of amides is 1. The van der Waals surface area contributed by atoms with Gasteiger partial charge in [0.15, 0.2) is 0 Å². The van der Waals surface area contributed by atoms with E-state index in [0.29, 0.717) is 0 Å². The fraction of sp³-hybridized carbons (Fsp3) is 0.533. The predicted octanol–water partition coefficient (Wildman–Crippen LogP) is 2.23. The molecule has 7 heteroatoms. The van der Waals surface area contributed by atoms with Crippen molar-refractivity contribution >= 4 is 48.2 Å². The van der Waals surface area contributed by atoms with Crippen LogP contribution in [0, 0.1) is 0 Å². The molecule has 0 bridgehead atoms. The van der Waals surface area contributed by atoms with Gasteiger partial charge in [0.05, 0.1) is 6.04 Å². The summed E-state index contributed by atoms with van der Waals surface area (Å²) in [5.41, 5.74) is 1.26. The van der Waals surface area contributed by atoms with E-state index in [4.69, 9.17) is 0 Å². The van der Waals surface area contributed by atoms with Crippen molar-refractivity contribution in [3.63, 3.8) is 0 Å². The van der Waals surface area contributed by atoms with Crippen LogP contribution in [0.1, 0.15) is 6.42 Å². The molecule has 0 aromatic heterocycles. The van der Waals surface area contributed by atoms with Gasteiger partial charge in [0, 0.05) is 43.5 Å². The third-order valence-corrected chi connectivity index (χ3v) is 4.88. The standard InChI is InChI=1S/C15H21N3OS.2ClH/c19-15(14-11-20-12-16-14)18-8-4-7-17(9-10-18)13-5-2-1-3-6-13;;/h1-3,5-6,14,16H,4,7-12H2;2*1H. The first-order valence-corrected chi connectivity index (χ1v) is 8.40. The van der Waals surface area contributed by atoms with E-state index in [0.717, 1.165) is 44.2 Å². The highest BCUT2D eigenvalue weighted by Crippen LogP contribution is 2.17. The van der Waals surface area contributed by atoms with E-state index >= 15 is 0 Å². The molecule has 1 atom stereocenters. The lowest BCUT2D eigenvalue weighted by Gasteiger charge is -2.25. The van der Waals surface area contributed by atoms with Gasteiger partial charge in [-0.05, 0) is 18.6 Å². The molecule has 4 nitrogen and oxygen atoms in total. The molecular formula is C15H23Cl2N3OS. The molecule has 2 aliphatic rings. The van der Waals surface area contributed by atoms with Gasteiger partial charge >= 0.3 is 0 Å². The average Bonchev–Trinajstić information content (AvgIpc) is 2.92. The van der Waals surface area contributed by atoms with Crippen molar-refractivity contribution in [3.05, 3.63) is 30.3 Å². The van der Waals surface area contributed by atoms with Crippen LogP contribution in [-0.2, 0) is 4.79 Å². The van der Waals surface area contributed by atoms with Gasteiger partial charge in [-0.1, -0.05) is 18.2 Å². The second-order valence-corrected chi connectivity index (χ2v) is 6.30. The monoisotopic (exact) mass is 363 g/mol. The van der Waals surface area contributed by atoms with E-state index in [9.17, 15) is 4.79 Å². The van der Waals surface area contributed by atoms with E-state index < -0.39 is 0 Å². The molecule has 124 valence electrons. The molecular weight excluding hydrogens is 341 g/mol. The third kappa shape index (κ3) is 4.69. The lowest BCUT2D eigenvalue weighted by atomic mass is 10.2. The number of hydrogen-bond acceptors (Lipinski definition) is 4. The highest BCUT2D eigenvalue weighted by molar-refractivity contribution is 7.99. The van der Waals surface area contributed by atoms with Gasteiger partial charge in [0.2, 0.25) is 5.91 Å². The number of nitrogens with one attached hydrogen (secondary N) is 1. The first-order chi connectivity index (χ1) is 9.84. The molecule has 0 saturated carbocycles. The molecule has 1 amide bonds. The molecule has 22 heavy (non-hydrogen) atoms. The van der Waals surface area contributed by atoms with Gasteiger partial charge < -0.3 is 9.80 Å². The van der Waals surface area contributed by atoms with Crippen molar-refractivity contribution in [3.8, 4) is 0 Å².